The predicted molar refractivity (Wildman–Crippen MR) is 125 cm³/mol. The van der Waals surface area contributed by atoms with Crippen molar-refractivity contribution in [3.05, 3.63) is 81.5 Å². The van der Waals surface area contributed by atoms with E-state index < -0.39 is 0 Å². The SMILES string of the molecule is CCCCc1ccc(-c2ccc(Cc3cnc(C(C)C)[nH]c3=O)cc2-c2nn[nH]n2)cc1. The Morgan fingerprint density at radius 3 is 2.44 bits per heavy atom. The Bertz CT molecular complexity index is 1230. The first-order valence-corrected chi connectivity index (χ1v) is 11.1. The average Bonchev–Trinajstić information content (AvgIpc) is 3.34. The van der Waals surface area contributed by atoms with E-state index >= 15 is 0 Å². The maximum atomic E-state index is 12.5. The van der Waals surface area contributed by atoms with Gasteiger partial charge in [-0.1, -0.05) is 63.6 Å². The molecule has 0 aliphatic rings. The van der Waals surface area contributed by atoms with Crippen LogP contribution in [0.5, 0.6) is 0 Å². The van der Waals surface area contributed by atoms with Crippen LogP contribution in [0.4, 0.5) is 0 Å². The van der Waals surface area contributed by atoms with Gasteiger partial charge in [0.05, 0.1) is 0 Å². The van der Waals surface area contributed by atoms with Crippen LogP contribution in [0.25, 0.3) is 22.5 Å². The Hall–Kier alpha value is -3.61. The van der Waals surface area contributed by atoms with Crippen molar-refractivity contribution in [1.82, 2.24) is 30.6 Å². The van der Waals surface area contributed by atoms with Crippen molar-refractivity contribution in [1.29, 1.82) is 0 Å². The standard InChI is InChI=1S/C25H28N6O/c1-4-5-6-17-7-10-19(11-8-17)21-12-9-18(14-22(21)24-28-30-31-29-24)13-20-15-26-23(16(2)3)27-25(20)32/h7-12,14-16H,4-6,13H2,1-3H3,(H,26,27,32)(H,28,29,30,31). The number of aromatic nitrogens is 6. The van der Waals surface area contributed by atoms with Gasteiger partial charge in [0.1, 0.15) is 5.82 Å². The Morgan fingerprint density at radius 2 is 1.78 bits per heavy atom. The van der Waals surface area contributed by atoms with E-state index in [0.29, 0.717) is 23.6 Å². The number of H-pyrrole nitrogens is 2. The monoisotopic (exact) mass is 428 g/mol. The summed E-state index contributed by atoms with van der Waals surface area (Å²) in [5, 5.41) is 14.7. The van der Waals surface area contributed by atoms with Gasteiger partial charge in [-0.05, 0) is 46.4 Å². The molecule has 0 unspecified atom stereocenters. The molecule has 7 nitrogen and oxygen atoms in total. The van der Waals surface area contributed by atoms with E-state index in [9.17, 15) is 4.79 Å². The molecule has 0 bridgehead atoms. The van der Waals surface area contributed by atoms with Crippen molar-refractivity contribution in [2.45, 2.75) is 52.4 Å². The molecule has 0 saturated carbocycles. The number of rotatable bonds is 8. The largest absolute Gasteiger partial charge is 0.310 e. The summed E-state index contributed by atoms with van der Waals surface area (Å²) >= 11 is 0. The summed E-state index contributed by atoms with van der Waals surface area (Å²) in [7, 11) is 0. The van der Waals surface area contributed by atoms with Crippen LogP contribution in [-0.4, -0.2) is 30.6 Å². The highest BCUT2D eigenvalue weighted by molar-refractivity contribution is 5.81. The van der Waals surface area contributed by atoms with E-state index in [-0.39, 0.29) is 11.5 Å². The van der Waals surface area contributed by atoms with E-state index in [1.165, 1.54) is 18.4 Å². The number of nitrogens with one attached hydrogen (secondary N) is 2. The molecule has 32 heavy (non-hydrogen) atoms. The topological polar surface area (TPSA) is 100 Å². The molecule has 0 aliphatic carbocycles. The summed E-state index contributed by atoms with van der Waals surface area (Å²) in [4.78, 5) is 19.8. The molecule has 0 amide bonds. The highest BCUT2D eigenvalue weighted by Gasteiger charge is 2.14. The lowest BCUT2D eigenvalue weighted by molar-refractivity contribution is 0.759. The first-order valence-electron chi connectivity index (χ1n) is 11.1. The predicted octanol–water partition coefficient (Wildman–Crippen LogP) is 4.67. The van der Waals surface area contributed by atoms with Crippen LogP contribution in [0.15, 0.2) is 53.5 Å². The summed E-state index contributed by atoms with van der Waals surface area (Å²) in [6.07, 6.45) is 5.61. The third-order valence-electron chi connectivity index (χ3n) is 5.59. The summed E-state index contributed by atoms with van der Waals surface area (Å²) in [5.41, 5.74) is 5.85. The minimum Gasteiger partial charge on any atom is -0.310 e. The Labute approximate surface area is 187 Å². The van der Waals surface area contributed by atoms with E-state index in [1.807, 2.05) is 26.0 Å². The molecule has 7 heteroatoms. The number of benzene rings is 2. The van der Waals surface area contributed by atoms with Crippen LogP contribution in [-0.2, 0) is 12.8 Å². The average molecular weight is 429 g/mol. The number of hydrogen-bond acceptors (Lipinski definition) is 5. The molecule has 0 spiro atoms. The molecular weight excluding hydrogens is 400 g/mol. The van der Waals surface area contributed by atoms with Crippen molar-refractivity contribution < 1.29 is 0 Å². The van der Waals surface area contributed by atoms with Crippen LogP contribution in [0.3, 0.4) is 0 Å². The summed E-state index contributed by atoms with van der Waals surface area (Å²) in [6, 6.07) is 14.8. The fraction of sp³-hybridized carbons (Fsp3) is 0.320. The Morgan fingerprint density at radius 1 is 1.00 bits per heavy atom. The number of unbranched alkanes of at least 4 members (excludes halogenated alkanes) is 1. The first-order chi connectivity index (χ1) is 15.5. The lowest BCUT2D eigenvalue weighted by Gasteiger charge is -2.11. The van der Waals surface area contributed by atoms with Crippen LogP contribution >= 0.6 is 0 Å². The second kappa shape index (κ2) is 9.68. The van der Waals surface area contributed by atoms with Crippen molar-refractivity contribution in [2.75, 3.05) is 0 Å². The Balaban J connectivity index is 1.67. The molecule has 0 saturated heterocycles. The smallest absolute Gasteiger partial charge is 0.254 e. The van der Waals surface area contributed by atoms with E-state index in [4.69, 9.17) is 0 Å². The molecule has 2 N–H and O–H groups in total. The molecule has 0 radical (unpaired) electrons. The van der Waals surface area contributed by atoms with E-state index in [1.54, 1.807) is 6.20 Å². The van der Waals surface area contributed by atoms with Gasteiger partial charge in [0.25, 0.3) is 5.56 Å². The fourth-order valence-electron chi connectivity index (χ4n) is 3.72. The Kier molecular flexibility index (Phi) is 6.54. The number of aryl methyl sites for hydroxylation is 1. The van der Waals surface area contributed by atoms with E-state index in [2.05, 4.69) is 67.8 Å². The van der Waals surface area contributed by atoms with Gasteiger partial charge < -0.3 is 4.98 Å². The van der Waals surface area contributed by atoms with Gasteiger partial charge in [-0.2, -0.15) is 5.21 Å². The second-order valence-corrected chi connectivity index (χ2v) is 8.37. The number of tetrazole rings is 1. The van der Waals surface area contributed by atoms with Crippen molar-refractivity contribution in [3.63, 3.8) is 0 Å². The highest BCUT2D eigenvalue weighted by Crippen LogP contribution is 2.31. The third-order valence-corrected chi connectivity index (χ3v) is 5.59. The maximum Gasteiger partial charge on any atom is 0.254 e. The minimum absolute atomic E-state index is 0.100. The van der Waals surface area contributed by atoms with Crippen molar-refractivity contribution in [3.8, 4) is 22.5 Å². The summed E-state index contributed by atoms with van der Waals surface area (Å²) in [5.74, 6) is 1.40. The van der Waals surface area contributed by atoms with Gasteiger partial charge in [0.15, 0.2) is 0 Å². The van der Waals surface area contributed by atoms with Crippen LogP contribution < -0.4 is 5.56 Å². The highest BCUT2D eigenvalue weighted by atomic mass is 16.1. The molecule has 164 valence electrons. The summed E-state index contributed by atoms with van der Waals surface area (Å²) < 4.78 is 0. The van der Waals surface area contributed by atoms with Crippen LogP contribution in [0.1, 0.15) is 62.0 Å². The van der Waals surface area contributed by atoms with Gasteiger partial charge in [-0.15, -0.1) is 10.2 Å². The minimum atomic E-state index is -0.100. The zero-order valence-corrected chi connectivity index (χ0v) is 18.7. The van der Waals surface area contributed by atoms with Gasteiger partial charge in [0.2, 0.25) is 5.82 Å². The van der Waals surface area contributed by atoms with Crippen molar-refractivity contribution >= 4 is 0 Å². The molecular formula is C25H28N6O. The zero-order chi connectivity index (χ0) is 22.5. The normalized spacial score (nSPS) is 11.2. The van der Waals surface area contributed by atoms with Crippen LogP contribution in [0, 0.1) is 0 Å². The number of aromatic amines is 2. The molecule has 2 aromatic heterocycles. The quantitative estimate of drug-likeness (QED) is 0.425. The second-order valence-electron chi connectivity index (χ2n) is 8.37. The molecule has 0 aliphatic heterocycles. The van der Waals surface area contributed by atoms with Gasteiger partial charge in [-0.25, -0.2) is 4.98 Å². The lowest BCUT2D eigenvalue weighted by atomic mass is 9.94. The molecule has 4 aromatic rings. The van der Waals surface area contributed by atoms with Crippen LogP contribution in [0.2, 0.25) is 0 Å². The number of hydrogen-bond donors (Lipinski definition) is 2. The molecule has 2 heterocycles. The van der Waals surface area contributed by atoms with Gasteiger partial charge in [0, 0.05) is 29.7 Å². The first kappa shape index (κ1) is 21.6. The molecule has 0 atom stereocenters. The molecule has 4 rings (SSSR count). The maximum absolute atomic E-state index is 12.5. The molecule has 0 fully saturated rings. The fourth-order valence-corrected chi connectivity index (χ4v) is 3.72. The third kappa shape index (κ3) is 4.82. The van der Waals surface area contributed by atoms with Crippen molar-refractivity contribution in [2.24, 2.45) is 0 Å². The lowest BCUT2D eigenvalue weighted by Crippen LogP contribution is -2.17. The number of nitrogens with zero attached hydrogens (tertiary/aromatic N) is 4. The summed E-state index contributed by atoms with van der Waals surface area (Å²) in [6.45, 7) is 6.21. The molecule has 2 aromatic carbocycles. The van der Waals surface area contributed by atoms with E-state index in [0.717, 1.165) is 28.7 Å². The van der Waals surface area contributed by atoms with Gasteiger partial charge in [-0.3, -0.25) is 4.79 Å². The van der Waals surface area contributed by atoms with Gasteiger partial charge >= 0.3 is 0 Å². The zero-order valence-electron chi connectivity index (χ0n) is 18.7.